The predicted octanol–water partition coefficient (Wildman–Crippen LogP) is 6.00. The Labute approximate surface area is 203 Å². The van der Waals surface area contributed by atoms with Crippen LogP contribution in [0.5, 0.6) is 11.5 Å². The van der Waals surface area contributed by atoms with Gasteiger partial charge in [0.25, 0.3) is 17.5 Å². The van der Waals surface area contributed by atoms with E-state index in [2.05, 4.69) is 17.8 Å². The van der Waals surface area contributed by atoms with Gasteiger partial charge in [-0.15, -0.1) is 4.89 Å². The highest BCUT2D eigenvalue weighted by Crippen LogP contribution is 2.46. The van der Waals surface area contributed by atoms with Crippen molar-refractivity contribution in [3.8, 4) is 11.5 Å². The molecule has 10 heteroatoms. The molecule has 0 radical (unpaired) electrons. The van der Waals surface area contributed by atoms with Crippen molar-refractivity contribution in [2.45, 2.75) is 103 Å². The van der Waals surface area contributed by atoms with Crippen LogP contribution < -0.4 is 15.0 Å². The van der Waals surface area contributed by atoms with E-state index < -0.39 is 20.8 Å². The number of ether oxygens (including phenoxy) is 1. The molecule has 0 aliphatic rings. The Kier molecular flexibility index (Phi) is 16.8. The minimum absolute atomic E-state index is 0.0264. The number of rotatable bonds is 21. The first-order chi connectivity index (χ1) is 16.5. The average Bonchev–Trinajstić information content (AvgIpc) is 3.11. The molecule has 0 aromatic carbocycles. The van der Waals surface area contributed by atoms with Gasteiger partial charge in [0.15, 0.2) is 5.76 Å². The highest BCUT2D eigenvalue weighted by molar-refractivity contribution is 7.32. The van der Waals surface area contributed by atoms with Gasteiger partial charge < -0.3 is 20.0 Å². The molecule has 9 nitrogen and oxygen atoms in total. The van der Waals surface area contributed by atoms with Crippen molar-refractivity contribution in [2.24, 2.45) is 10.7 Å². The van der Waals surface area contributed by atoms with E-state index in [1.165, 1.54) is 70.6 Å². The summed E-state index contributed by atoms with van der Waals surface area (Å²) in [6, 6.07) is 0. The van der Waals surface area contributed by atoms with Crippen LogP contribution >= 0.6 is 8.25 Å². The predicted molar refractivity (Wildman–Crippen MR) is 132 cm³/mol. The molecule has 0 fully saturated rings. The van der Waals surface area contributed by atoms with Gasteiger partial charge in [-0.05, 0) is 12.3 Å². The Morgan fingerprint density at radius 2 is 1.53 bits per heavy atom. The molecule has 4 N–H and O–H groups in total. The second-order valence-electron chi connectivity index (χ2n) is 8.21. The topological polar surface area (TPSA) is 145 Å². The quantitative estimate of drug-likeness (QED) is 0.0813. The maximum absolute atomic E-state index is 11.1. The van der Waals surface area contributed by atoms with Gasteiger partial charge in [-0.2, -0.15) is 4.99 Å². The average molecular weight is 500 g/mol. The molecule has 0 saturated carbocycles. The fourth-order valence-corrected chi connectivity index (χ4v) is 3.87. The Bertz CT molecular complexity index is 789. The largest absolute Gasteiger partial charge is 0.747 e. The number of carbonyl (C=O) groups excluding carboxylic acids is 1. The van der Waals surface area contributed by atoms with E-state index in [4.69, 9.17) is 24.3 Å². The van der Waals surface area contributed by atoms with E-state index in [0.717, 1.165) is 25.3 Å². The summed E-state index contributed by atoms with van der Waals surface area (Å²) in [4.78, 5) is 23.7. The van der Waals surface area contributed by atoms with Gasteiger partial charge in [-0.3, -0.25) is 4.79 Å². The molecule has 0 saturated heterocycles. The first kappa shape index (κ1) is 29.9. The molecule has 0 aliphatic carbocycles. The highest BCUT2D eigenvalue weighted by atomic mass is 31.1. The van der Waals surface area contributed by atoms with Crippen LogP contribution in [-0.2, 0) is 16.0 Å². The summed E-state index contributed by atoms with van der Waals surface area (Å²) in [7, 11) is -3.01. The van der Waals surface area contributed by atoms with Crippen LogP contribution in [0.3, 0.4) is 0 Å². The SMILES string of the molecule is CCCCCCCCCCCCCCCCOc1c(N=C=CC(N)=O)oc(CO)c1O[P+](=O)O. The minimum atomic E-state index is -3.01. The van der Waals surface area contributed by atoms with E-state index in [9.17, 15) is 14.5 Å². The lowest BCUT2D eigenvalue weighted by molar-refractivity contribution is -0.113. The van der Waals surface area contributed by atoms with Crippen LogP contribution in [0.15, 0.2) is 15.5 Å². The maximum atomic E-state index is 11.1. The van der Waals surface area contributed by atoms with Crippen molar-refractivity contribution >= 4 is 25.9 Å². The lowest BCUT2D eigenvalue weighted by atomic mass is 10.0. The monoisotopic (exact) mass is 499 g/mol. The number of amides is 1. The molecule has 1 heterocycles. The Hall–Kier alpha value is -2.18. The minimum Gasteiger partial charge on any atom is -0.485 e. The van der Waals surface area contributed by atoms with Gasteiger partial charge in [-0.1, -0.05) is 90.4 Å². The zero-order valence-electron chi connectivity index (χ0n) is 20.3. The van der Waals surface area contributed by atoms with Crippen molar-refractivity contribution in [3.05, 3.63) is 11.8 Å². The summed E-state index contributed by atoms with van der Waals surface area (Å²) in [5.74, 6) is 1.06. The normalized spacial score (nSPS) is 11.1. The van der Waals surface area contributed by atoms with Gasteiger partial charge in [0, 0.05) is 4.57 Å². The second-order valence-corrected chi connectivity index (χ2v) is 8.87. The van der Waals surface area contributed by atoms with Crippen LogP contribution in [0.1, 0.15) is 103 Å². The van der Waals surface area contributed by atoms with Crippen molar-refractivity contribution in [3.63, 3.8) is 0 Å². The van der Waals surface area contributed by atoms with Crippen LogP contribution in [-0.4, -0.2) is 28.4 Å². The summed E-state index contributed by atoms with van der Waals surface area (Å²) in [5, 5.41) is 9.44. The smallest absolute Gasteiger partial charge is 0.485 e. The number of aliphatic hydroxyl groups is 1. The first-order valence-corrected chi connectivity index (χ1v) is 13.4. The molecule has 1 aromatic rings. The van der Waals surface area contributed by atoms with Crippen LogP contribution in [0, 0.1) is 0 Å². The van der Waals surface area contributed by atoms with Crippen LogP contribution in [0.25, 0.3) is 0 Å². The molecule has 1 atom stereocenters. The fraction of sp³-hybridized carbons (Fsp3) is 0.708. The number of carbonyl (C=O) groups is 1. The van der Waals surface area contributed by atoms with E-state index in [-0.39, 0.29) is 23.1 Å². The first-order valence-electron chi connectivity index (χ1n) is 12.3. The van der Waals surface area contributed by atoms with Crippen LogP contribution in [0.2, 0.25) is 0 Å². The summed E-state index contributed by atoms with van der Waals surface area (Å²) in [6.07, 6.45) is 18.2. The van der Waals surface area contributed by atoms with E-state index in [1.54, 1.807) is 0 Å². The van der Waals surface area contributed by atoms with E-state index in [0.29, 0.717) is 6.61 Å². The van der Waals surface area contributed by atoms with Gasteiger partial charge >= 0.3 is 8.25 Å². The summed E-state index contributed by atoms with van der Waals surface area (Å²) in [5.41, 5.74) is 5.01. The number of furan rings is 1. The third-order valence-corrected chi connectivity index (χ3v) is 5.64. The third kappa shape index (κ3) is 13.5. The van der Waals surface area contributed by atoms with Gasteiger partial charge in [-0.25, -0.2) is 4.52 Å². The highest BCUT2D eigenvalue weighted by Gasteiger charge is 2.30. The lowest BCUT2D eigenvalue weighted by Crippen LogP contribution is -2.05. The second kappa shape index (κ2) is 19.2. The summed E-state index contributed by atoms with van der Waals surface area (Å²) in [6.45, 7) is 1.96. The Balaban J connectivity index is 2.34. The Morgan fingerprint density at radius 3 is 2.00 bits per heavy atom. The number of hydrogen-bond acceptors (Lipinski definition) is 7. The Morgan fingerprint density at radius 1 is 1.00 bits per heavy atom. The number of aliphatic hydroxyl groups excluding tert-OH is 1. The molecule has 0 spiro atoms. The zero-order valence-corrected chi connectivity index (χ0v) is 21.2. The maximum Gasteiger partial charge on any atom is 0.747 e. The summed E-state index contributed by atoms with van der Waals surface area (Å²) >= 11 is 0. The molecule has 1 aromatic heterocycles. The van der Waals surface area contributed by atoms with Crippen molar-refractivity contribution in [1.82, 2.24) is 0 Å². The van der Waals surface area contributed by atoms with E-state index in [1.807, 2.05) is 0 Å². The standard InChI is InChI=1S/C24H39N2O7P/c1-2-3-4-5-6-7-8-9-10-11-12-13-14-15-18-31-23-22(33-34(29)30)20(19-27)32-24(23)26-17-16-21(25)28/h16,27H,2-15,18-19H2,1H3,(H2-,25,28,29,30)/p+1. The van der Waals surface area contributed by atoms with Crippen molar-refractivity contribution in [1.29, 1.82) is 0 Å². The molecule has 0 aliphatic heterocycles. The molecule has 34 heavy (non-hydrogen) atoms. The number of primary amides is 1. The molecule has 1 rings (SSSR count). The van der Waals surface area contributed by atoms with Crippen molar-refractivity contribution < 1.29 is 33.0 Å². The molecule has 1 amide bonds. The molecule has 192 valence electrons. The van der Waals surface area contributed by atoms with Gasteiger partial charge in [0.2, 0.25) is 5.75 Å². The molecule has 1 unspecified atom stereocenters. The third-order valence-electron chi connectivity index (χ3n) is 5.30. The van der Waals surface area contributed by atoms with E-state index >= 15 is 0 Å². The molecular formula is C24H40N2O7P+. The zero-order chi connectivity index (χ0) is 25.0. The summed E-state index contributed by atoms with van der Waals surface area (Å²) < 4.78 is 27.0. The number of nitrogens with zero attached hydrogens (tertiary/aromatic N) is 1. The number of nitrogens with two attached hydrogens (primary N) is 1. The number of unbranched alkanes of at least 4 members (excludes halogenated alkanes) is 13. The van der Waals surface area contributed by atoms with Crippen LogP contribution in [0.4, 0.5) is 5.88 Å². The van der Waals surface area contributed by atoms with Crippen molar-refractivity contribution in [2.75, 3.05) is 6.61 Å². The molecule has 0 bridgehead atoms. The number of aliphatic imine (C=N–C) groups is 1. The van der Waals surface area contributed by atoms with Gasteiger partial charge in [0.05, 0.1) is 12.7 Å². The fourth-order valence-electron chi connectivity index (χ4n) is 3.53. The van der Waals surface area contributed by atoms with Gasteiger partial charge in [0.1, 0.15) is 6.61 Å². The molecular weight excluding hydrogens is 459 g/mol. The lowest BCUT2D eigenvalue weighted by Gasteiger charge is -2.05. The number of hydrogen-bond donors (Lipinski definition) is 3.